The summed E-state index contributed by atoms with van der Waals surface area (Å²) in [5.74, 6) is 2.91. The highest BCUT2D eigenvalue weighted by Gasteiger charge is 2.21. The van der Waals surface area contributed by atoms with Gasteiger partial charge in [-0.1, -0.05) is 12.5 Å². The van der Waals surface area contributed by atoms with Gasteiger partial charge in [0.15, 0.2) is 28.8 Å². The lowest BCUT2D eigenvalue weighted by Gasteiger charge is -2.26. The Kier molecular flexibility index (Phi) is 7.80. The molecule has 0 N–H and O–H groups in total. The molecule has 0 radical (unpaired) electrons. The Morgan fingerprint density at radius 2 is 1.59 bits per heavy atom. The van der Waals surface area contributed by atoms with Crippen molar-refractivity contribution >= 4 is 11.9 Å². The third kappa shape index (κ3) is 5.39. The molecule has 2 aromatic rings. The van der Waals surface area contributed by atoms with Gasteiger partial charge in [0.25, 0.3) is 0 Å². The summed E-state index contributed by atoms with van der Waals surface area (Å²) < 4.78 is 33.2. The molecule has 0 saturated carbocycles. The van der Waals surface area contributed by atoms with Crippen molar-refractivity contribution in [2.45, 2.75) is 19.3 Å². The van der Waals surface area contributed by atoms with E-state index in [9.17, 15) is 4.79 Å². The van der Waals surface area contributed by atoms with E-state index in [0.717, 1.165) is 25.2 Å². The Balaban J connectivity index is 1.53. The number of allylic oxidation sites excluding steroid dienone is 1. The van der Waals surface area contributed by atoms with E-state index in [2.05, 4.69) is 4.90 Å². The van der Waals surface area contributed by atoms with E-state index in [1.54, 1.807) is 51.7 Å². The summed E-state index contributed by atoms with van der Waals surface area (Å²) in [6.07, 6.45) is 6.93. The second-order valence-electron chi connectivity index (χ2n) is 8.11. The molecule has 0 spiro atoms. The lowest BCUT2D eigenvalue weighted by molar-refractivity contribution is 0.104. The zero-order valence-electron chi connectivity index (χ0n) is 19.9. The van der Waals surface area contributed by atoms with Gasteiger partial charge in [0, 0.05) is 12.6 Å². The minimum Gasteiger partial charge on any atom is -0.493 e. The number of fused-ring (bicyclic) bond motifs is 1. The molecule has 2 aliphatic rings. The van der Waals surface area contributed by atoms with Crippen LogP contribution in [-0.4, -0.2) is 65.0 Å². The van der Waals surface area contributed by atoms with Gasteiger partial charge >= 0.3 is 0 Å². The zero-order chi connectivity index (χ0) is 23.9. The predicted octanol–water partition coefficient (Wildman–Crippen LogP) is 4.20. The number of likely N-dealkylation sites (tertiary alicyclic amines) is 1. The second-order valence-corrected chi connectivity index (χ2v) is 8.11. The van der Waals surface area contributed by atoms with Gasteiger partial charge in [0.1, 0.15) is 12.4 Å². The van der Waals surface area contributed by atoms with Crippen LogP contribution in [0, 0.1) is 0 Å². The van der Waals surface area contributed by atoms with Crippen LogP contribution in [0.15, 0.2) is 30.3 Å². The number of benzene rings is 2. The van der Waals surface area contributed by atoms with E-state index >= 15 is 0 Å². The maximum Gasteiger partial charge on any atom is 0.231 e. The van der Waals surface area contributed by atoms with Gasteiger partial charge in [-0.15, -0.1) is 0 Å². The number of rotatable bonds is 10. The molecule has 0 aromatic heterocycles. The van der Waals surface area contributed by atoms with Gasteiger partial charge in [-0.25, -0.2) is 0 Å². The van der Waals surface area contributed by atoms with E-state index in [1.807, 2.05) is 0 Å². The summed E-state index contributed by atoms with van der Waals surface area (Å²) in [6.45, 7) is 3.63. The van der Waals surface area contributed by atoms with Crippen molar-refractivity contribution in [2.75, 3.05) is 54.4 Å². The van der Waals surface area contributed by atoms with Crippen molar-refractivity contribution in [3.63, 3.8) is 0 Å². The summed E-state index contributed by atoms with van der Waals surface area (Å²) in [5.41, 5.74) is 1.16. The fraction of sp³-hybridized carbons (Fsp3) is 0.423. The highest BCUT2D eigenvalue weighted by molar-refractivity contribution is 6.09. The number of hydrogen-bond acceptors (Lipinski definition) is 8. The number of piperidine rings is 1. The lowest BCUT2D eigenvalue weighted by atomic mass is 10.1. The predicted molar refractivity (Wildman–Crippen MR) is 128 cm³/mol. The highest BCUT2D eigenvalue weighted by Crippen LogP contribution is 2.40. The smallest absolute Gasteiger partial charge is 0.231 e. The fourth-order valence-electron chi connectivity index (χ4n) is 4.16. The van der Waals surface area contributed by atoms with E-state index in [-0.39, 0.29) is 12.6 Å². The maximum absolute atomic E-state index is 13.2. The lowest BCUT2D eigenvalue weighted by Crippen LogP contribution is -2.33. The van der Waals surface area contributed by atoms with E-state index in [0.29, 0.717) is 46.7 Å². The molecule has 1 saturated heterocycles. The van der Waals surface area contributed by atoms with Gasteiger partial charge in [-0.05, 0) is 55.8 Å². The van der Waals surface area contributed by atoms with Crippen LogP contribution in [0.5, 0.6) is 34.5 Å². The molecule has 182 valence electrons. The standard InChI is InChI=1S/C26H31NO7/c1-29-24-13-18(14-25(30-2)26(24)31-3)7-8-20(28)19-15-22-23(34-17-33-22)16-21(19)32-12-11-27-9-5-4-6-10-27/h7-8,13-16H,4-6,9-12,17H2,1-3H3/b8-7+. The van der Waals surface area contributed by atoms with Crippen LogP contribution in [0.1, 0.15) is 35.2 Å². The summed E-state index contributed by atoms with van der Waals surface area (Å²) >= 11 is 0. The average molecular weight is 470 g/mol. The summed E-state index contributed by atoms with van der Waals surface area (Å²) in [6, 6.07) is 6.97. The number of ketones is 1. The van der Waals surface area contributed by atoms with Crippen molar-refractivity contribution in [3.05, 3.63) is 41.5 Å². The minimum absolute atomic E-state index is 0.126. The van der Waals surface area contributed by atoms with Gasteiger partial charge in [0.2, 0.25) is 12.5 Å². The Bertz CT molecular complexity index is 1020. The Morgan fingerprint density at radius 3 is 2.24 bits per heavy atom. The molecule has 8 nitrogen and oxygen atoms in total. The highest BCUT2D eigenvalue weighted by atomic mass is 16.7. The second kappa shape index (κ2) is 11.2. The number of nitrogens with zero attached hydrogens (tertiary/aromatic N) is 1. The molecule has 2 aliphatic heterocycles. The van der Waals surface area contributed by atoms with Gasteiger partial charge in [-0.2, -0.15) is 0 Å². The van der Waals surface area contributed by atoms with Gasteiger partial charge < -0.3 is 28.4 Å². The molecule has 2 aromatic carbocycles. The number of hydrogen-bond donors (Lipinski definition) is 0. The van der Waals surface area contributed by atoms with Crippen LogP contribution in [0.3, 0.4) is 0 Å². The molecule has 4 rings (SSSR count). The van der Waals surface area contributed by atoms with Crippen molar-refractivity contribution in [2.24, 2.45) is 0 Å². The topological polar surface area (TPSA) is 75.7 Å². The fourth-order valence-corrected chi connectivity index (χ4v) is 4.16. The van der Waals surface area contributed by atoms with Crippen LogP contribution < -0.4 is 28.4 Å². The molecule has 1 fully saturated rings. The van der Waals surface area contributed by atoms with Crippen LogP contribution in [0.2, 0.25) is 0 Å². The van der Waals surface area contributed by atoms with E-state index in [1.165, 1.54) is 25.3 Å². The molecule has 34 heavy (non-hydrogen) atoms. The Morgan fingerprint density at radius 1 is 0.912 bits per heavy atom. The van der Waals surface area contributed by atoms with Crippen LogP contribution >= 0.6 is 0 Å². The van der Waals surface area contributed by atoms with Crippen LogP contribution in [0.25, 0.3) is 6.08 Å². The SMILES string of the molecule is COc1cc(/C=C/C(=O)c2cc3c(cc2OCCN2CCCCC2)OCO3)cc(OC)c1OC. The molecular weight excluding hydrogens is 438 g/mol. The van der Waals surface area contributed by atoms with Crippen LogP contribution in [0.4, 0.5) is 0 Å². The summed E-state index contributed by atoms with van der Waals surface area (Å²) in [5, 5.41) is 0. The number of carbonyl (C=O) groups is 1. The van der Waals surface area contributed by atoms with E-state index < -0.39 is 0 Å². The van der Waals surface area contributed by atoms with Gasteiger partial charge in [0.05, 0.1) is 26.9 Å². The molecule has 0 amide bonds. The average Bonchev–Trinajstić information content (AvgIpc) is 3.34. The molecule has 0 aliphatic carbocycles. The van der Waals surface area contributed by atoms with Gasteiger partial charge in [-0.3, -0.25) is 9.69 Å². The normalized spacial score (nSPS) is 15.4. The van der Waals surface area contributed by atoms with Crippen molar-refractivity contribution < 1.29 is 33.2 Å². The van der Waals surface area contributed by atoms with Crippen LogP contribution in [-0.2, 0) is 0 Å². The molecule has 8 heteroatoms. The quantitative estimate of drug-likeness (QED) is 0.379. The van der Waals surface area contributed by atoms with E-state index in [4.69, 9.17) is 28.4 Å². The first-order valence-corrected chi connectivity index (χ1v) is 11.4. The maximum atomic E-state index is 13.2. The number of ether oxygens (including phenoxy) is 6. The van der Waals surface area contributed by atoms with Crippen molar-refractivity contribution in [3.8, 4) is 34.5 Å². The number of carbonyl (C=O) groups excluding carboxylic acids is 1. The molecule has 0 bridgehead atoms. The third-order valence-electron chi connectivity index (χ3n) is 5.97. The first-order valence-electron chi connectivity index (χ1n) is 11.4. The first-order chi connectivity index (χ1) is 16.6. The molecular formula is C26H31NO7. The largest absolute Gasteiger partial charge is 0.493 e. The molecule has 2 heterocycles. The van der Waals surface area contributed by atoms with Crippen molar-refractivity contribution in [1.82, 2.24) is 4.90 Å². The molecule has 0 atom stereocenters. The Hall–Kier alpha value is -3.39. The zero-order valence-corrected chi connectivity index (χ0v) is 19.9. The van der Waals surface area contributed by atoms with Crippen molar-refractivity contribution in [1.29, 1.82) is 0 Å². The molecule has 0 unspecified atom stereocenters. The third-order valence-corrected chi connectivity index (χ3v) is 5.97. The minimum atomic E-state index is -0.208. The first kappa shape index (κ1) is 23.8. The summed E-state index contributed by atoms with van der Waals surface area (Å²) in [4.78, 5) is 15.6. The number of methoxy groups -OCH3 is 3. The monoisotopic (exact) mass is 469 g/mol. The summed E-state index contributed by atoms with van der Waals surface area (Å²) in [7, 11) is 4.65. The Labute approximate surface area is 199 Å².